The molecule has 6 nitrogen and oxygen atoms in total. The van der Waals surface area contributed by atoms with Crippen molar-refractivity contribution in [2.24, 2.45) is 5.92 Å². The Kier molecular flexibility index (Phi) is 6.36. The van der Waals surface area contributed by atoms with E-state index < -0.39 is 10.0 Å². The Balaban J connectivity index is 1.46. The van der Waals surface area contributed by atoms with E-state index in [0.717, 1.165) is 18.4 Å². The standard InChI is InChI=1S/C20H23N3O3S/c24-20(19-6-11-21-12-7-19)23-13-8-18(9-14-23)16-22-27(25,26)15-10-17-4-2-1-3-5-17/h1-7,10-12,15,18,22H,8-9,13-14,16H2/b15-10+. The number of rotatable bonds is 6. The van der Waals surface area contributed by atoms with Gasteiger partial charge in [-0.1, -0.05) is 30.3 Å². The van der Waals surface area contributed by atoms with E-state index in [0.29, 0.717) is 25.2 Å². The van der Waals surface area contributed by atoms with E-state index >= 15 is 0 Å². The second-order valence-electron chi connectivity index (χ2n) is 6.58. The molecule has 0 bridgehead atoms. The van der Waals surface area contributed by atoms with Crippen LogP contribution in [-0.2, 0) is 10.0 Å². The Morgan fingerprint density at radius 1 is 1.11 bits per heavy atom. The number of benzene rings is 1. The summed E-state index contributed by atoms with van der Waals surface area (Å²) in [6, 6.07) is 12.7. The number of aromatic nitrogens is 1. The fourth-order valence-electron chi connectivity index (χ4n) is 3.03. The molecule has 1 saturated heterocycles. The van der Waals surface area contributed by atoms with Crippen molar-refractivity contribution >= 4 is 22.0 Å². The molecule has 1 aromatic carbocycles. The molecule has 2 aromatic rings. The molecule has 0 aliphatic carbocycles. The minimum absolute atomic E-state index is 0.00206. The number of hydrogen-bond donors (Lipinski definition) is 1. The molecule has 0 radical (unpaired) electrons. The van der Waals surface area contributed by atoms with Crippen molar-refractivity contribution < 1.29 is 13.2 Å². The average molecular weight is 385 g/mol. The van der Waals surface area contributed by atoms with Crippen LogP contribution >= 0.6 is 0 Å². The molecule has 27 heavy (non-hydrogen) atoms. The Bertz CT molecular complexity index is 875. The zero-order chi connectivity index (χ0) is 19.1. The van der Waals surface area contributed by atoms with E-state index in [2.05, 4.69) is 9.71 Å². The summed E-state index contributed by atoms with van der Waals surface area (Å²) in [5.41, 5.74) is 1.47. The van der Waals surface area contributed by atoms with E-state index in [1.807, 2.05) is 35.2 Å². The highest BCUT2D eigenvalue weighted by molar-refractivity contribution is 7.92. The molecule has 0 spiro atoms. The minimum Gasteiger partial charge on any atom is -0.339 e. The molecule has 1 amide bonds. The zero-order valence-corrected chi connectivity index (χ0v) is 15.8. The van der Waals surface area contributed by atoms with Crippen molar-refractivity contribution in [3.8, 4) is 0 Å². The lowest BCUT2D eigenvalue weighted by Crippen LogP contribution is -2.41. The topological polar surface area (TPSA) is 79.4 Å². The molecule has 1 aliphatic rings. The first-order chi connectivity index (χ1) is 13.0. The molecule has 0 unspecified atom stereocenters. The van der Waals surface area contributed by atoms with E-state index in [9.17, 15) is 13.2 Å². The molecule has 1 aromatic heterocycles. The monoisotopic (exact) mass is 385 g/mol. The van der Waals surface area contributed by atoms with Crippen molar-refractivity contribution in [2.45, 2.75) is 12.8 Å². The van der Waals surface area contributed by atoms with Crippen LogP contribution < -0.4 is 4.72 Å². The Morgan fingerprint density at radius 2 is 1.78 bits per heavy atom. The Hall–Kier alpha value is -2.51. The predicted molar refractivity (Wildman–Crippen MR) is 105 cm³/mol. The lowest BCUT2D eigenvalue weighted by atomic mass is 9.97. The fourth-order valence-corrected chi connectivity index (χ4v) is 3.93. The van der Waals surface area contributed by atoms with Gasteiger partial charge >= 0.3 is 0 Å². The molecule has 142 valence electrons. The maximum atomic E-state index is 12.4. The summed E-state index contributed by atoms with van der Waals surface area (Å²) in [5.74, 6) is 0.230. The molecule has 2 heterocycles. The summed E-state index contributed by atoms with van der Waals surface area (Å²) >= 11 is 0. The number of likely N-dealkylation sites (tertiary alicyclic amines) is 1. The van der Waals surface area contributed by atoms with Crippen LogP contribution in [0.25, 0.3) is 6.08 Å². The normalized spacial score (nSPS) is 15.9. The first-order valence-electron chi connectivity index (χ1n) is 8.95. The predicted octanol–water partition coefficient (Wildman–Crippen LogP) is 2.52. The van der Waals surface area contributed by atoms with Gasteiger partial charge in [-0.2, -0.15) is 0 Å². The summed E-state index contributed by atoms with van der Waals surface area (Å²) in [4.78, 5) is 18.2. The highest BCUT2D eigenvalue weighted by atomic mass is 32.2. The van der Waals surface area contributed by atoms with Crippen LogP contribution in [0.1, 0.15) is 28.8 Å². The van der Waals surface area contributed by atoms with Crippen LogP contribution in [0.5, 0.6) is 0 Å². The molecule has 1 fully saturated rings. The second kappa shape index (κ2) is 8.92. The molecular formula is C20H23N3O3S. The van der Waals surface area contributed by atoms with Gasteiger partial charge in [-0.3, -0.25) is 9.78 Å². The quantitative estimate of drug-likeness (QED) is 0.829. The van der Waals surface area contributed by atoms with Crippen LogP contribution in [0, 0.1) is 5.92 Å². The summed E-state index contributed by atoms with van der Waals surface area (Å²) in [5, 5.41) is 1.20. The van der Waals surface area contributed by atoms with Crippen LogP contribution in [0.4, 0.5) is 0 Å². The molecule has 1 aliphatic heterocycles. The van der Waals surface area contributed by atoms with Crippen LogP contribution in [-0.4, -0.2) is 43.8 Å². The van der Waals surface area contributed by atoms with Gasteiger partial charge in [0.2, 0.25) is 10.0 Å². The lowest BCUT2D eigenvalue weighted by molar-refractivity contribution is 0.0692. The number of carbonyl (C=O) groups is 1. The number of nitrogens with zero attached hydrogens (tertiary/aromatic N) is 2. The van der Waals surface area contributed by atoms with Gasteiger partial charge in [-0.05, 0) is 42.5 Å². The third-order valence-corrected chi connectivity index (χ3v) is 5.70. The molecule has 7 heteroatoms. The van der Waals surface area contributed by atoms with Gasteiger partial charge in [0.05, 0.1) is 0 Å². The van der Waals surface area contributed by atoms with Gasteiger partial charge in [0.1, 0.15) is 0 Å². The average Bonchev–Trinajstić information content (AvgIpc) is 2.72. The Labute approximate surface area is 160 Å². The van der Waals surface area contributed by atoms with Gasteiger partial charge < -0.3 is 4.90 Å². The van der Waals surface area contributed by atoms with E-state index in [4.69, 9.17) is 0 Å². The van der Waals surface area contributed by atoms with E-state index in [-0.39, 0.29) is 11.8 Å². The maximum absolute atomic E-state index is 12.4. The fraction of sp³-hybridized carbons (Fsp3) is 0.300. The minimum atomic E-state index is -3.47. The van der Waals surface area contributed by atoms with Crippen molar-refractivity contribution in [3.63, 3.8) is 0 Å². The van der Waals surface area contributed by atoms with Crippen molar-refractivity contribution in [1.29, 1.82) is 0 Å². The summed E-state index contributed by atoms with van der Waals surface area (Å²) in [7, 11) is -3.47. The molecule has 0 saturated carbocycles. The largest absolute Gasteiger partial charge is 0.339 e. The number of carbonyl (C=O) groups excluding carboxylic acids is 1. The van der Waals surface area contributed by atoms with E-state index in [1.165, 1.54) is 5.41 Å². The number of nitrogens with one attached hydrogen (secondary N) is 1. The van der Waals surface area contributed by atoms with Gasteiger partial charge in [0.25, 0.3) is 5.91 Å². The number of sulfonamides is 1. The molecule has 3 rings (SSSR count). The number of hydrogen-bond acceptors (Lipinski definition) is 4. The lowest BCUT2D eigenvalue weighted by Gasteiger charge is -2.32. The first-order valence-corrected chi connectivity index (χ1v) is 10.5. The van der Waals surface area contributed by atoms with Gasteiger partial charge in [0.15, 0.2) is 0 Å². The third kappa shape index (κ3) is 5.74. The maximum Gasteiger partial charge on any atom is 0.253 e. The SMILES string of the molecule is O=C(c1ccncc1)N1CCC(CNS(=O)(=O)/C=C/c2ccccc2)CC1. The molecule has 1 N–H and O–H groups in total. The van der Waals surface area contributed by atoms with Gasteiger partial charge in [-0.25, -0.2) is 13.1 Å². The highest BCUT2D eigenvalue weighted by Gasteiger charge is 2.24. The summed E-state index contributed by atoms with van der Waals surface area (Å²) in [6.07, 6.45) is 6.36. The number of amides is 1. The van der Waals surface area contributed by atoms with Gasteiger partial charge in [0, 0.05) is 43.0 Å². The number of piperidine rings is 1. The van der Waals surface area contributed by atoms with Crippen molar-refractivity contribution in [3.05, 3.63) is 71.4 Å². The first kappa shape index (κ1) is 19.3. The van der Waals surface area contributed by atoms with Crippen LogP contribution in [0.3, 0.4) is 0 Å². The third-order valence-electron chi connectivity index (χ3n) is 4.64. The molecular weight excluding hydrogens is 362 g/mol. The van der Waals surface area contributed by atoms with E-state index in [1.54, 1.807) is 30.6 Å². The van der Waals surface area contributed by atoms with Crippen LogP contribution in [0.15, 0.2) is 60.3 Å². The van der Waals surface area contributed by atoms with Crippen molar-refractivity contribution in [1.82, 2.24) is 14.6 Å². The van der Waals surface area contributed by atoms with Crippen molar-refractivity contribution in [2.75, 3.05) is 19.6 Å². The van der Waals surface area contributed by atoms with Crippen LogP contribution in [0.2, 0.25) is 0 Å². The number of pyridine rings is 1. The molecule has 0 atom stereocenters. The second-order valence-corrected chi connectivity index (χ2v) is 8.23. The summed E-state index contributed by atoms with van der Waals surface area (Å²) < 4.78 is 26.9. The zero-order valence-electron chi connectivity index (χ0n) is 15.0. The highest BCUT2D eigenvalue weighted by Crippen LogP contribution is 2.18. The summed E-state index contributed by atoms with van der Waals surface area (Å²) in [6.45, 7) is 1.65. The Morgan fingerprint density at radius 3 is 2.44 bits per heavy atom. The van der Waals surface area contributed by atoms with Gasteiger partial charge in [-0.15, -0.1) is 0 Å². The smallest absolute Gasteiger partial charge is 0.253 e.